The van der Waals surface area contributed by atoms with E-state index in [1.807, 2.05) is 12.3 Å². The lowest BCUT2D eigenvalue weighted by molar-refractivity contribution is 0.196. The standard InChI is InChI=1S/C20H32N8.HI/c1-3-19-26-24-16-28(19)14-11-23-20(21-4-2)25-17-8-12-27(13-9-17)15-18-7-5-6-10-22-18;/h5-7,10,16-17H,3-4,8-9,11-15H2,1-2H3,(H2,21,23,25);1H. The van der Waals surface area contributed by atoms with Crippen molar-refractivity contribution in [2.45, 2.75) is 52.2 Å². The monoisotopic (exact) mass is 512 g/mol. The summed E-state index contributed by atoms with van der Waals surface area (Å²) in [6.07, 6.45) is 6.77. The molecule has 1 fully saturated rings. The number of guanidine groups is 1. The first-order valence-electron chi connectivity index (χ1n) is 10.3. The van der Waals surface area contributed by atoms with E-state index < -0.39 is 0 Å². The van der Waals surface area contributed by atoms with E-state index in [4.69, 9.17) is 4.99 Å². The first-order chi connectivity index (χ1) is 13.8. The van der Waals surface area contributed by atoms with Gasteiger partial charge >= 0.3 is 0 Å². The van der Waals surface area contributed by atoms with Crippen molar-refractivity contribution in [1.82, 2.24) is 35.3 Å². The number of pyridine rings is 1. The molecule has 0 saturated carbocycles. The fraction of sp³-hybridized carbons (Fsp3) is 0.600. The summed E-state index contributed by atoms with van der Waals surface area (Å²) < 4.78 is 2.07. The Kier molecular flexibility index (Phi) is 10.3. The van der Waals surface area contributed by atoms with Gasteiger partial charge in [0, 0.05) is 51.4 Å². The molecule has 8 nitrogen and oxygen atoms in total. The van der Waals surface area contributed by atoms with Crippen molar-refractivity contribution in [2.24, 2.45) is 4.99 Å². The quantitative estimate of drug-likeness (QED) is 0.320. The number of hydrogen-bond acceptors (Lipinski definition) is 5. The lowest BCUT2D eigenvalue weighted by atomic mass is 10.0. The van der Waals surface area contributed by atoms with Gasteiger partial charge in [-0.1, -0.05) is 13.0 Å². The number of likely N-dealkylation sites (tertiary alicyclic amines) is 1. The lowest BCUT2D eigenvalue weighted by Gasteiger charge is -2.32. The minimum Gasteiger partial charge on any atom is -0.357 e. The number of aromatic nitrogens is 4. The molecule has 1 aliphatic rings. The largest absolute Gasteiger partial charge is 0.357 e. The maximum Gasteiger partial charge on any atom is 0.191 e. The molecule has 3 heterocycles. The summed E-state index contributed by atoms with van der Waals surface area (Å²) in [4.78, 5) is 11.6. The fourth-order valence-corrected chi connectivity index (χ4v) is 3.48. The van der Waals surface area contributed by atoms with Gasteiger partial charge in [0.2, 0.25) is 0 Å². The maximum atomic E-state index is 4.74. The number of rotatable bonds is 8. The van der Waals surface area contributed by atoms with Crippen LogP contribution in [0.1, 0.15) is 38.2 Å². The van der Waals surface area contributed by atoms with Gasteiger partial charge < -0.3 is 15.2 Å². The molecule has 0 aliphatic carbocycles. The Labute approximate surface area is 190 Å². The van der Waals surface area contributed by atoms with Crippen molar-refractivity contribution in [1.29, 1.82) is 0 Å². The predicted octanol–water partition coefficient (Wildman–Crippen LogP) is 2.07. The second-order valence-corrected chi connectivity index (χ2v) is 7.07. The highest BCUT2D eigenvalue weighted by Gasteiger charge is 2.20. The maximum absolute atomic E-state index is 4.74. The van der Waals surface area contributed by atoms with Crippen molar-refractivity contribution in [3.05, 3.63) is 42.2 Å². The van der Waals surface area contributed by atoms with E-state index in [0.717, 1.165) is 69.5 Å². The summed E-state index contributed by atoms with van der Waals surface area (Å²) in [6.45, 7) is 9.64. The molecule has 2 N–H and O–H groups in total. The van der Waals surface area contributed by atoms with Gasteiger partial charge in [-0.15, -0.1) is 34.2 Å². The molecular weight excluding hydrogens is 479 g/mol. The average Bonchev–Trinajstić information content (AvgIpc) is 3.18. The molecule has 1 saturated heterocycles. The van der Waals surface area contributed by atoms with Gasteiger partial charge in [0.1, 0.15) is 12.2 Å². The number of nitrogens with one attached hydrogen (secondary N) is 2. The molecule has 160 valence electrons. The number of nitrogens with zero attached hydrogens (tertiary/aromatic N) is 6. The molecule has 1 aliphatic heterocycles. The summed E-state index contributed by atoms with van der Waals surface area (Å²) in [5, 5.41) is 15.1. The molecule has 0 bridgehead atoms. The lowest BCUT2D eigenvalue weighted by Crippen LogP contribution is -2.48. The third kappa shape index (κ3) is 7.54. The zero-order valence-electron chi connectivity index (χ0n) is 17.4. The Morgan fingerprint density at radius 1 is 1.24 bits per heavy atom. The van der Waals surface area contributed by atoms with E-state index in [0.29, 0.717) is 12.6 Å². The summed E-state index contributed by atoms with van der Waals surface area (Å²) in [5.74, 6) is 1.91. The first-order valence-corrected chi connectivity index (χ1v) is 10.3. The molecule has 3 rings (SSSR count). The van der Waals surface area contributed by atoms with E-state index in [1.165, 1.54) is 0 Å². The van der Waals surface area contributed by atoms with Crippen LogP contribution in [0.3, 0.4) is 0 Å². The fourth-order valence-electron chi connectivity index (χ4n) is 3.48. The van der Waals surface area contributed by atoms with Crippen LogP contribution in [-0.2, 0) is 19.5 Å². The van der Waals surface area contributed by atoms with Crippen LogP contribution in [-0.4, -0.2) is 62.8 Å². The Morgan fingerprint density at radius 2 is 2.07 bits per heavy atom. The molecule has 2 aromatic rings. The van der Waals surface area contributed by atoms with Gasteiger partial charge in [-0.25, -0.2) is 0 Å². The molecule has 0 amide bonds. The molecule has 0 unspecified atom stereocenters. The predicted molar refractivity (Wildman–Crippen MR) is 126 cm³/mol. The summed E-state index contributed by atoms with van der Waals surface area (Å²) in [6, 6.07) is 6.58. The van der Waals surface area contributed by atoms with Crippen LogP contribution in [0, 0.1) is 0 Å². The highest BCUT2D eigenvalue weighted by Crippen LogP contribution is 2.12. The molecular formula is C20H33IN8. The number of hydrogen-bond donors (Lipinski definition) is 2. The van der Waals surface area contributed by atoms with Gasteiger partial charge in [-0.3, -0.25) is 14.9 Å². The van der Waals surface area contributed by atoms with Crippen LogP contribution in [0.5, 0.6) is 0 Å². The SMILES string of the molecule is CCNC(=NCCn1cnnc1CC)NC1CCN(Cc2ccccn2)CC1.I. The number of aryl methyl sites for hydroxylation is 1. The zero-order valence-corrected chi connectivity index (χ0v) is 19.7. The van der Waals surface area contributed by atoms with Gasteiger partial charge in [0.05, 0.1) is 12.2 Å². The second kappa shape index (κ2) is 12.7. The van der Waals surface area contributed by atoms with Crippen molar-refractivity contribution in [3.63, 3.8) is 0 Å². The zero-order chi connectivity index (χ0) is 19.6. The molecule has 0 spiro atoms. The van der Waals surface area contributed by atoms with E-state index >= 15 is 0 Å². The van der Waals surface area contributed by atoms with E-state index in [-0.39, 0.29) is 24.0 Å². The van der Waals surface area contributed by atoms with Crippen LogP contribution < -0.4 is 10.6 Å². The van der Waals surface area contributed by atoms with Gasteiger partial charge in [0.15, 0.2) is 5.96 Å². The molecule has 0 aromatic carbocycles. The van der Waals surface area contributed by atoms with E-state index in [9.17, 15) is 0 Å². The minimum atomic E-state index is 0. The third-order valence-electron chi connectivity index (χ3n) is 5.01. The molecule has 29 heavy (non-hydrogen) atoms. The van der Waals surface area contributed by atoms with Crippen LogP contribution >= 0.6 is 24.0 Å². The Hall–Kier alpha value is -1.75. The van der Waals surface area contributed by atoms with Gasteiger partial charge in [-0.2, -0.15) is 0 Å². The Bertz CT molecular complexity index is 725. The Balaban J connectivity index is 0.00000300. The van der Waals surface area contributed by atoms with E-state index in [2.05, 4.69) is 61.3 Å². The summed E-state index contributed by atoms with van der Waals surface area (Å²) in [5.41, 5.74) is 1.14. The minimum absolute atomic E-state index is 0. The number of halogens is 1. The summed E-state index contributed by atoms with van der Waals surface area (Å²) >= 11 is 0. The molecule has 9 heteroatoms. The average molecular weight is 512 g/mol. The van der Waals surface area contributed by atoms with Gasteiger partial charge in [0.25, 0.3) is 0 Å². The summed E-state index contributed by atoms with van der Waals surface area (Å²) in [7, 11) is 0. The van der Waals surface area contributed by atoms with Crippen molar-refractivity contribution >= 4 is 29.9 Å². The van der Waals surface area contributed by atoms with Crippen LogP contribution in [0.4, 0.5) is 0 Å². The Morgan fingerprint density at radius 3 is 2.76 bits per heavy atom. The van der Waals surface area contributed by atoms with Crippen LogP contribution in [0.2, 0.25) is 0 Å². The number of aliphatic imine (C=N–C) groups is 1. The third-order valence-corrected chi connectivity index (χ3v) is 5.01. The first kappa shape index (κ1) is 23.5. The number of piperidine rings is 1. The van der Waals surface area contributed by atoms with Crippen LogP contribution in [0.25, 0.3) is 0 Å². The molecule has 0 radical (unpaired) electrons. The van der Waals surface area contributed by atoms with Crippen LogP contribution in [0.15, 0.2) is 35.7 Å². The normalized spacial score (nSPS) is 15.7. The molecule has 2 aromatic heterocycles. The van der Waals surface area contributed by atoms with Gasteiger partial charge in [-0.05, 0) is 31.9 Å². The van der Waals surface area contributed by atoms with E-state index in [1.54, 1.807) is 6.33 Å². The highest BCUT2D eigenvalue weighted by molar-refractivity contribution is 14.0. The molecule has 0 atom stereocenters. The van der Waals surface area contributed by atoms with Crippen molar-refractivity contribution in [3.8, 4) is 0 Å². The highest BCUT2D eigenvalue weighted by atomic mass is 127. The topological polar surface area (TPSA) is 83.3 Å². The van der Waals surface area contributed by atoms with Crippen molar-refractivity contribution < 1.29 is 0 Å². The van der Waals surface area contributed by atoms with Crippen molar-refractivity contribution in [2.75, 3.05) is 26.2 Å². The smallest absolute Gasteiger partial charge is 0.191 e. The second-order valence-electron chi connectivity index (χ2n) is 7.07.